The maximum Gasteiger partial charge on any atom is 0.313 e. The number of carbonyl (C=O) groups is 1. The fraction of sp³-hybridized carbons (Fsp3) is 0.480. The molecule has 32 heavy (non-hydrogen) atoms. The van der Waals surface area contributed by atoms with Gasteiger partial charge in [-0.2, -0.15) is 0 Å². The number of aliphatic carboxylic acids is 1. The number of rotatable bonds is 9. The lowest BCUT2D eigenvalue weighted by Crippen LogP contribution is -2.25. The summed E-state index contributed by atoms with van der Waals surface area (Å²) in [6, 6.07) is 10.8. The predicted octanol–water partition coefficient (Wildman–Crippen LogP) is 7.23. The van der Waals surface area contributed by atoms with E-state index in [9.17, 15) is 9.18 Å². The summed E-state index contributed by atoms with van der Waals surface area (Å²) in [5.41, 5.74) is 3.03. The highest BCUT2D eigenvalue weighted by Crippen LogP contribution is 2.44. The molecule has 0 spiro atoms. The number of benzene rings is 2. The van der Waals surface area contributed by atoms with Crippen LogP contribution in [0.15, 0.2) is 41.3 Å². The first-order chi connectivity index (χ1) is 15.5. The normalized spacial score (nSPS) is 15.3. The highest BCUT2D eigenvalue weighted by molar-refractivity contribution is 7.99. The minimum absolute atomic E-state index is 0.0637. The van der Waals surface area contributed by atoms with E-state index >= 15 is 0 Å². The molecule has 3 rings (SSSR count). The number of carboxylic acids is 1. The quantitative estimate of drug-likeness (QED) is 0.409. The Balaban J connectivity index is 0.00000176. The van der Waals surface area contributed by atoms with E-state index in [-0.39, 0.29) is 11.6 Å². The van der Waals surface area contributed by atoms with Crippen LogP contribution in [0.3, 0.4) is 0 Å². The molecule has 0 saturated heterocycles. The summed E-state index contributed by atoms with van der Waals surface area (Å²) < 4.78 is 19.2. The summed E-state index contributed by atoms with van der Waals surface area (Å²) in [5.74, 6) is 1.90. The third kappa shape index (κ3) is 7.34. The van der Waals surface area contributed by atoms with E-state index in [2.05, 4.69) is 17.9 Å². The van der Waals surface area contributed by atoms with Gasteiger partial charge in [0.2, 0.25) is 0 Å². The first kappa shape index (κ1) is 26.4. The van der Waals surface area contributed by atoms with Crippen LogP contribution in [-0.4, -0.2) is 36.2 Å². The molecule has 0 radical (unpaired) electrons. The molecule has 1 aliphatic rings. The van der Waals surface area contributed by atoms with E-state index in [0.29, 0.717) is 11.7 Å². The summed E-state index contributed by atoms with van der Waals surface area (Å²) >= 11 is 3.21. The van der Waals surface area contributed by atoms with Gasteiger partial charge < -0.3 is 14.7 Å². The molecule has 2 aromatic carbocycles. The first-order valence-corrected chi connectivity index (χ1v) is 13.3. The SMILES string of the molecule is CC.CCCCC1CSc2cc(CSCC(=O)O)c(OC)cc2N(c2ccc(F)cc2)C1. The van der Waals surface area contributed by atoms with Crippen LogP contribution in [0.1, 0.15) is 45.6 Å². The van der Waals surface area contributed by atoms with Gasteiger partial charge in [-0.1, -0.05) is 33.6 Å². The van der Waals surface area contributed by atoms with Gasteiger partial charge in [0.05, 0.1) is 18.6 Å². The van der Waals surface area contributed by atoms with E-state index in [4.69, 9.17) is 9.84 Å². The van der Waals surface area contributed by atoms with Crippen molar-refractivity contribution in [3.05, 3.63) is 47.8 Å². The maximum atomic E-state index is 13.5. The molecule has 1 unspecified atom stereocenters. The molecule has 1 aliphatic heterocycles. The van der Waals surface area contributed by atoms with Crippen molar-refractivity contribution in [3.8, 4) is 5.75 Å². The smallest absolute Gasteiger partial charge is 0.313 e. The highest BCUT2D eigenvalue weighted by Gasteiger charge is 2.25. The third-order valence-electron chi connectivity index (χ3n) is 5.16. The van der Waals surface area contributed by atoms with Crippen molar-refractivity contribution in [2.75, 3.05) is 30.1 Å². The van der Waals surface area contributed by atoms with E-state index < -0.39 is 5.97 Å². The number of halogens is 1. The van der Waals surface area contributed by atoms with Gasteiger partial charge in [0.15, 0.2) is 0 Å². The van der Waals surface area contributed by atoms with Crippen LogP contribution < -0.4 is 9.64 Å². The highest BCUT2D eigenvalue weighted by atomic mass is 32.2. The summed E-state index contributed by atoms with van der Waals surface area (Å²) in [7, 11) is 1.64. The molecule has 0 bridgehead atoms. The monoisotopic (exact) mass is 479 g/mol. The zero-order valence-electron chi connectivity index (χ0n) is 19.4. The largest absolute Gasteiger partial charge is 0.496 e. The number of hydrogen-bond donors (Lipinski definition) is 1. The number of fused-ring (bicyclic) bond motifs is 1. The minimum Gasteiger partial charge on any atom is -0.496 e. The van der Waals surface area contributed by atoms with E-state index in [1.807, 2.05) is 43.8 Å². The molecule has 0 saturated carbocycles. The molecule has 1 heterocycles. The Morgan fingerprint density at radius 2 is 2.00 bits per heavy atom. The fourth-order valence-electron chi connectivity index (χ4n) is 3.62. The second-order valence-electron chi connectivity index (χ2n) is 7.42. The van der Waals surface area contributed by atoms with E-state index in [1.54, 1.807) is 7.11 Å². The topological polar surface area (TPSA) is 49.8 Å². The van der Waals surface area contributed by atoms with Gasteiger partial charge in [-0.15, -0.1) is 23.5 Å². The standard InChI is InChI=1S/C23H28FNO3S2.C2H6/c1-3-4-5-16-12-25(19-8-6-18(24)7-9-19)20-11-21(28-2)17(10-22(20)30-13-16)14-29-15-23(26)27;1-2/h6-11,16H,3-5,12-15H2,1-2H3,(H,26,27);1-2H3. The zero-order chi connectivity index (χ0) is 23.5. The van der Waals surface area contributed by atoms with Crippen molar-refractivity contribution in [3.63, 3.8) is 0 Å². The van der Waals surface area contributed by atoms with Gasteiger partial charge in [-0.25, -0.2) is 4.39 Å². The molecule has 0 fully saturated rings. The Hall–Kier alpha value is -1.86. The number of ether oxygens (including phenoxy) is 1. The molecule has 4 nitrogen and oxygen atoms in total. The molecule has 0 aliphatic carbocycles. The maximum absolute atomic E-state index is 13.5. The average Bonchev–Trinajstić information content (AvgIpc) is 2.98. The van der Waals surface area contributed by atoms with Crippen molar-refractivity contribution in [1.29, 1.82) is 0 Å². The number of carboxylic acid groups (broad SMARTS) is 1. The molecule has 0 amide bonds. The number of nitrogens with zero attached hydrogens (tertiary/aromatic N) is 1. The van der Waals surface area contributed by atoms with E-state index in [0.717, 1.165) is 46.3 Å². The summed E-state index contributed by atoms with van der Waals surface area (Å²) in [5, 5.41) is 8.94. The number of thioether (sulfide) groups is 2. The van der Waals surface area contributed by atoms with Gasteiger partial charge in [-0.05, 0) is 42.7 Å². The third-order valence-corrected chi connectivity index (χ3v) is 7.40. The zero-order valence-corrected chi connectivity index (χ0v) is 21.0. The van der Waals surface area contributed by atoms with Crippen LogP contribution in [0.5, 0.6) is 5.75 Å². The van der Waals surface area contributed by atoms with Crippen molar-refractivity contribution in [2.24, 2.45) is 5.92 Å². The average molecular weight is 480 g/mol. The summed E-state index contributed by atoms with van der Waals surface area (Å²) in [4.78, 5) is 14.3. The van der Waals surface area contributed by atoms with Crippen LogP contribution in [-0.2, 0) is 10.5 Å². The second kappa shape index (κ2) is 13.6. The van der Waals surface area contributed by atoms with Crippen LogP contribution in [0.4, 0.5) is 15.8 Å². The molecular weight excluding hydrogens is 445 g/mol. The number of unbranched alkanes of at least 4 members (excludes halogenated alkanes) is 1. The van der Waals surface area contributed by atoms with Crippen molar-refractivity contribution in [2.45, 2.75) is 50.7 Å². The first-order valence-electron chi connectivity index (χ1n) is 11.2. The Labute approximate surface area is 199 Å². The lowest BCUT2D eigenvalue weighted by Gasteiger charge is -2.28. The van der Waals surface area contributed by atoms with Crippen molar-refractivity contribution < 1.29 is 19.0 Å². The Kier molecular flexibility index (Phi) is 11.2. The van der Waals surface area contributed by atoms with Crippen LogP contribution >= 0.6 is 23.5 Å². The van der Waals surface area contributed by atoms with Crippen LogP contribution in [0.25, 0.3) is 0 Å². The molecule has 1 atom stereocenters. The van der Waals surface area contributed by atoms with Gasteiger partial charge in [0.25, 0.3) is 0 Å². The van der Waals surface area contributed by atoms with Crippen molar-refractivity contribution >= 4 is 40.9 Å². The lowest BCUT2D eigenvalue weighted by molar-refractivity contribution is -0.133. The number of hydrogen-bond acceptors (Lipinski definition) is 5. The molecule has 2 aromatic rings. The molecule has 7 heteroatoms. The minimum atomic E-state index is -0.815. The lowest BCUT2D eigenvalue weighted by atomic mass is 10.0. The number of methoxy groups -OCH3 is 1. The van der Waals surface area contributed by atoms with Gasteiger partial charge in [0.1, 0.15) is 11.6 Å². The summed E-state index contributed by atoms with van der Waals surface area (Å²) in [6.07, 6.45) is 3.52. The Morgan fingerprint density at radius 3 is 2.62 bits per heavy atom. The van der Waals surface area contributed by atoms with E-state index in [1.165, 1.54) is 36.7 Å². The molecule has 0 aromatic heterocycles. The molecule has 1 N–H and O–H groups in total. The van der Waals surface area contributed by atoms with Gasteiger partial charge in [-0.3, -0.25) is 4.79 Å². The summed E-state index contributed by atoms with van der Waals surface area (Å²) in [6.45, 7) is 7.09. The number of anilines is 2. The predicted molar refractivity (Wildman–Crippen MR) is 135 cm³/mol. The Bertz CT molecular complexity index is 861. The van der Waals surface area contributed by atoms with Crippen LogP contribution in [0.2, 0.25) is 0 Å². The fourth-order valence-corrected chi connectivity index (χ4v) is 5.57. The molecule has 176 valence electrons. The van der Waals surface area contributed by atoms with Gasteiger partial charge in [0, 0.05) is 40.3 Å². The second-order valence-corrected chi connectivity index (χ2v) is 9.47. The van der Waals surface area contributed by atoms with Crippen LogP contribution in [0, 0.1) is 11.7 Å². The Morgan fingerprint density at radius 1 is 1.28 bits per heavy atom. The van der Waals surface area contributed by atoms with Gasteiger partial charge >= 0.3 is 5.97 Å². The van der Waals surface area contributed by atoms with Crippen molar-refractivity contribution in [1.82, 2.24) is 0 Å². The molecular formula is C25H34FNO3S2.